The highest BCUT2D eigenvalue weighted by Crippen LogP contribution is 2.20. The first-order chi connectivity index (χ1) is 10.4. The van der Waals surface area contributed by atoms with Crippen LogP contribution in [0.3, 0.4) is 0 Å². The maximum absolute atomic E-state index is 12.5. The molecule has 3 N–H and O–H groups in total. The van der Waals surface area contributed by atoms with Crippen molar-refractivity contribution in [1.29, 1.82) is 0 Å². The number of carbonyl (C=O) groups excluding carboxylic acids is 1. The van der Waals surface area contributed by atoms with Crippen LogP contribution < -0.4 is 11.1 Å². The molecule has 0 aromatic heterocycles. The first kappa shape index (κ1) is 16.9. The molecule has 1 aromatic carbocycles. The van der Waals surface area contributed by atoms with Gasteiger partial charge < -0.3 is 11.1 Å². The van der Waals surface area contributed by atoms with Gasteiger partial charge in [-0.3, -0.25) is 4.79 Å². The van der Waals surface area contributed by atoms with Crippen LogP contribution in [0.5, 0.6) is 0 Å². The lowest BCUT2D eigenvalue weighted by molar-refractivity contribution is -0.122. The summed E-state index contributed by atoms with van der Waals surface area (Å²) in [5, 5.41) is 2.70. The minimum Gasteiger partial charge on any atom is -0.351 e. The van der Waals surface area contributed by atoms with Crippen molar-refractivity contribution in [2.24, 2.45) is 5.73 Å². The molecule has 1 aromatic rings. The number of sulfonamides is 1. The molecule has 0 saturated carbocycles. The Labute approximate surface area is 131 Å². The third kappa shape index (κ3) is 4.06. The molecule has 0 spiro atoms. The molecule has 1 aliphatic rings. The topological polar surface area (TPSA) is 92.5 Å². The molecule has 6 nitrogen and oxygen atoms in total. The lowest BCUT2D eigenvalue weighted by atomic mass is 10.2. The molecule has 0 aliphatic carbocycles. The van der Waals surface area contributed by atoms with Gasteiger partial charge in [0, 0.05) is 19.6 Å². The fourth-order valence-electron chi connectivity index (χ4n) is 2.38. The van der Waals surface area contributed by atoms with Crippen LogP contribution in [0.4, 0.5) is 0 Å². The summed E-state index contributed by atoms with van der Waals surface area (Å²) < 4.78 is 26.5. The van der Waals surface area contributed by atoms with Crippen LogP contribution in [-0.4, -0.2) is 37.8 Å². The van der Waals surface area contributed by atoms with Gasteiger partial charge in [-0.05, 0) is 37.5 Å². The van der Waals surface area contributed by atoms with E-state index in [9.17, 15) is 13.2 Å². The van der Waals surface area contributed by atoms with Crippen LogP contribution in [0.15, 0.2) is 29.2 Å². The van der Waals surface area contributed by atoms with Crippen molar-refractivity contribution in [2.75, 3.05) is 13.1 Å². The van der Waals surface area contributed by atoms with Crippen LogP contribution in [0.2, 0.25) is 0 Å². The highest BCUT2D eigenvalue weighted by molar-refractivity contribution is 7.89. The number of nitrogens with zero attached hydrogens (tertiary/aromatic N) is 1. The number of rotatable bonds is 5. The van der Waals surface area contributed by atoms with E-state index in [1.165, 1.54) is 0 Å². The van der Waals surface area contributed by atoms with Gasteiger partial charge in [-0.25, -0.2) is 8.42 Å². The molecule has 22 heavy (non-hydrogen) atoms. The maximum Gasteiger partial charge on any atom is 0.243 e. The Morgan fingerprint density at radius 1 is 1.23 bits per heavy atom. The lowest BCUT2D eigenvalue weighted by Gasteiger charge is -2.25. The summed E-state index contributed by atoms with van der Waals surface area (Å²) in [6, 6.07) is 6.07. The molecule has 7 heteroatoms. The van der Waals surface area contributed by atoms with Gasteiger partial charge in [-0.15, -0.1) is 0 Å². The van der Waals surface area contributed by atoms with Crippen LogP contribution in [0.25, 0.3) is 0 Å². The predicted molar refractivity (Wildman–Crippen MR) is 84.5 cm³/mol. The van der Waals surface area contributed by atoms with Crippen LogP contribution in [0, 0.1) is 0 Å². The summed E-state index contributed by atoms with van der Waals surface area (Å²) in [5.41, 5.74) is 6.31. The number of nitrogens with one attached hydrogen (secondary N) is 1. The zero-order valence-electron chi connectivity index (χ0n) is 12.8. The minimum atomic E-state index is -3.40. The molecule has 1 fully saturated rings. The predicted octanol–water partition coefficient (Wildman–Crippen LogP) is 0.825. The number of amides is 1. The van der Waals surface area contributed by atoms with Crippen molar-refractivity contribution in [3.05, 3.63) is 29.8 Å². The van der Waals surface area contributed by atoms with E-state index in [1.54, 1.807) is 35.5 Å². The molecule has 0 unspecified atom stereocenters. The van der Waals surface area contributed by atoms with E-state index in [2.05, 4.69) is 5.32 Å². The van der Waals surface area contributed by atoms with Gasteiger partial charge >= 0.3 is 0 Å². The van der Waals surface area contributed by atoms with Crippen LogP contribution >= 0.6 is 0 Å². The van der Waals surface area contributed by atoms with Crippen molar-refractivity contribution < 1.29 is 13.2 Å². The van der Waals surface area contributed by atoms with Crippen molar-refractivity contribution in [1.82, 2.24) is 9.62 Å². The van der Waals surface area contributed by atoms with Gasteiger partial charge in [0.25, 0.3) is 0 Å². The molecule has 0 radical (unpaired) electrons. The Bertz CT molecular complexity index is 605. The Balaban J connectivity index is 2.03. The van der Waals surface area contributed by atoms with E-state index in [0.717, 1.165) is 24.8 Å². The standard InChI is InChI=1S/C15H23N3O3S/c1-12(16)15(19)17-11-13-5-7-14(8-6-13)22(20,21)18-9-3-2-4-10-18/h5-8,12H,2-4,9-11,16H2,1H3,(H,17,19)/t12-/m1/s1. The monoisotopic (exact) mass is 325 g/mol. The van der Waals surface area contributed by atoms with Gasteiger partial charge in [-0.2, -0.15) is 4.31 Å². The summed E-state index contributed by atoms with van der Waals surface area (Å²) in [7, 11) is -3.40. The second kappa shape index (κ2) is 7.21. The summed E-state index contributed by atoms with van der Waals surface area (Å²) in [4.78, 5) is 11.7. The third-order valence-electron chi connectivity index (χ3n) is 3.76. The van der Waals surface area contributed by atoms with Crippen molar-refractivity contribution in [3.63, 3.8) is 0 Å². The quantitative estimate of drug-likeness (QED) is 0.838. The van der Waals surface area contributed by atoms with E-state index in [0.29, 0.717) is 24.5 Å². The van der Waals surface area contributed by atoms with E-state index in [-0.39, 0.29) is 5.91 Å². The molecule has 1 atom stereocenters. The van der Waals surface area contributed by atoms with Crippen molar-refractivity contribution >= 4 is 15.9 Å². The summed E-state index contributed by atoms with van der Waals surface area (Å²) >= 11 is 0. The molecular weight excluding hydrogens is 302 g/mol. The average molecular weight is 325 g/mol. The number of piperidine rings is 1. The van der Waals surface area contributed by atoms with Crippen LogP contribution in [0.1, 0.15) is 31.7 Å². The average Bonchev–Trinajstić information content (AvgIpc) is 2.53. The molecule has 1 heterocycles. The Morgan fingerprint density at radius 3 is 2.36 bits per heavy atom. The van der Waals surface area contributed by atoms with E-state index < -0.39 is 16.1 Å². The van der Waals surface area contributed by atoms with Gasteiger partial charge in [-0.1, -0.05) is 18.6 Å². The summed E-state index contributed by atoms with van der Waals surface area (Å²) in [5.74, 6) is -0.231. The van der Waals surface area contributed by atoms with Crippen LogP contribution in [-0.2, 0) is 21.4 Å². The highest BCUT2D eigenvalue weighted by atomic mass is 32.2. The fraction of sp³-hybridized carbons (Fsp3) is 0.533. The molecule has 2 rings (SSSR count). The number of hydrogen-bond acceptors (Lipinski definition) is 4. The summed E-state index contributed by atoms with van der Waals surface area (Å²) in [6.45, 7) is 3.14. The fourth-order valence-corrected chi connectivity index (χ4v) is 3.90. The molecule has 1 amide bonds. The van der Waals surface area contributed by atoms with Crippen molar-refractivity contribution in [2.45, 2.75) is 43.7 Å². The maximum atomic E-state index is 12.5. The smallest absolute Gasteiger partial charge is 0.243 e. The second-order valence-electron chi connectivity index (χ2n) is 5.62. The molecule has 1 saturated heterocycles. The SMILES string of the molecule is C[C@@H](N)C(=O)NCc1ccc(S(=O)(=O)N2CCCCC2)cc1. The summed E-state index contributed by atoms with van der Waals surface area (Å²) in [6.07, 6.45) is 2.92. The van der Waals surface area contributed by atoms with Gasteiger partial charge in [0.15, 0.2) is 0 Å². The number of nitrogens with two attached hydrogens (primary N) is 1. The number of benzene rings is 1. The highest BCUT2D eigenvalue weighted by Gasteiger charge is 2.25. The van der Waals surface area contributed by atoms with Gasteiger partial charge in [0.05, 0.1) is 10.9 Å². The lowest BCUT2D eigenvalue weighted by Crippen LogP contribution is -2.37. The number of hydrogen-bond donors (Lipinski definition) is 2. The molecule has 0 bridgehead atoms. The largest absolute Gasteiger partial charge is 0.351 e. The van der Waals surface area contributed by atoms with Gasteiger partial charge in [0.1, 0.15) is 0 Å². The van der Waals surface area contributed by atoms with E-state index >= 15 is 0 Å². The third-order valence-corrected chi connectivity index (χ3v) is 5.67. The Kier molecular flexibility index (Phi) is 5.55. The Hall–Kier alpha value is -1.44. The Morgan fingerprint density at radius 2 is 1.82 bits per heavy atom. The first-order valence-corrected chi connectivity index (χ1v) is 8.97. The van der Waals surface area contributed by atoms with Crippen molar-refractivity contribution in [3.8, 4) is 0 Å². The van der Waals surface area contributed by atoms with Gasteiger partial charge in [0.2, 0.25) is 15.9 Å². The normalized spacial score (nSPS) is 17.9. The van der Waals surface area contributed by atoms with E-state index in [1.807, 2.05) is 0 Å². The molecular formula is C15H23N3O3S. The molecule has 122 valence electrons. The van der Waals surface area contributed by atoms with E-state index in [4.69, 9.17) is 5.73 Å². The zero-order valence-corrected chi connectivity index (χ0v) is 13.6. The zero-order chi connectivity index (χ0) is 16.2. The molecule has 1 aliphatic heterocycles. The first-order valence-electron chi connectivity index (χ1n) is 7.53. The number of carbonyl (C=O) groups is 1. The minimum absolute atomic E-state index is 0.231. The second-order valence-corrected chi connectivity index (χ2v) is 7.55.